The number of ether oxygens (including phenoxy) is 1. The molecule has 0 aromatic heterocycles. The lowest BCUT2D eigenvalue weighted by Gasteiger charge is -2.30. The number of esters is 1. The van der Waals surface area contributed by atoms with Crippen molar-refractivity contribution in [3.05, 3.63) is 12.2 Å². The second-order valence-corrected chi connectivity index (χ2v) is 6.59. The SMILES string of the molecule is CCC1CCC(C(=O)OC2CCC(C=CC#N)CC2)CC1. The maximum Gasteiger partial charge on any atom is 0.309 e. The summed E-state index contributed by atoms with van der Waals surface area (Å²) in [5.74, 6) is 1.49. The van der Waals surface area contributed by atoms with Crippen LogP contribution in [0.25, 0.3) is 0 Å². The third-order valence-electron chi connectivity index (χ3n) is 5.20. The van der Waals surface area contributed by atoms with Crippen molar-refractivity contribution in [2.24, 2.45) is 17.8 Å². The molecule has 3 heteroatoms. The van der Waals surface area contributed by atoms with Gasteiger partial charge in [-0.3, -0.25) is 4.79 Å². The van der Waals surface area contributed by atoms with Gasteiger partial charge in [-0.05, 0) is 63.2 Å². The molecule has 3 nitrogen and oxygen atoms in total. The lowest BCUT2D eigenvalue weighted by molar-refractivity contribution is -0.157. The van der Waals surface area contributed by atoms with Gasteiger partial charge in [0.25, 0.3) is 0 Å². The van der Waals surface area contributed by atoms with E-state index in [-0.39, 0.29) is 18.0 Å². The molecule has 2 aliphatic rings. The number of allylic oxidation sites excluding steroid dienone is 2. The quantitative estimate of drug-likeness (QED) is 0.570. The molecule has 2 saturated carbocycles. The Balaban J connectivity index is 1.70. The highest BCUT2D eigenvalue weighted by atomic mass is 16.5. The first-order chi connectivity index (χ1) is 10.2. The first-order valence-electron chi connectivity index (χ1n) is 8.49. The molecule has 0 aromatic rings. The van der Waals surface area contributed by atoms with Crippen molar-refractivity contribution in [3.63, 3.8) is 0 Å². The van der Waals surface area contributed by atoms with Crippen LogP contribution in [0.2, 0.25) is 0 Å². The second kappa shape index (κ2) is 8.22. The van der Waals surface area contributed by atoms with Gasteiger partial charge in [-0.1, -0.05) is 19.4 Å². The van der Waals surface area contributed by atoms with Crippen molar-refractivity contribution in [3.8, 4) is 6.07 Å². The summed E-state index contributed by atoms with van der Waals surface area (Å²) in [5, 5.41) is 8.54. The number of nitrogens with zero attached hydrogens (tertiary/aromatic N) is 1. The summed E-state index contributed by atoms with van der Waals surface area (Å²) in [7, 11) is 0. The van der Waals surface area contributed by atoms with Crippen LogP contribution in [0.15, 0.2) is 12.2 Å². The summed E-state index contributed by atoms with van der Waals surface area (Å²) < 4.78 is 5.72. The minimum absolute atomic E-state index is 0.0422. The van der Waals surface area contributed by atoms with Crippen molar-refractivity contribution < 1.29 is 9.53 Å². The fourth-order valence-electron chi connectivity index (χ4n) is 3.64. The Morgan fingerprint density at radius 2 is 1.81 bits per heavy atom. The Bertz CT molecular complexity index is 394. The second-order valence-electron chi connectivity index (χ2n) is 6.59. The van der Waals surface area contributed by atoms with Gasteiger partial charge < -0.3 is 4.74 Å². The first kappa shape index (κ1) is 16.1. The lowest BCUT2D eigenvalue weighted by atomic mass is 9.81. The molecule has 0 saturated heterocycles. The van der Waals surface area contributed by atoms with E-state index in [0.29, 0.717) is 5.92 Å². The molecule has 0 atom stereocenters. The van der Waals surface area contributed by atoms with E-state index in [1.807, 2.05) is 12.1 Å². The van der Waals surface area contributed by atoms with Gasteiger partial charge in [-0.25, -0.2) is 0 Å². The van der Waals surface area contributed by atoms with Crippen LogP contribution in [0.4, 0.5) is 0 Å². The molecular formula is C18H27NO2. The summed E-state index contributed by atoms with van der Waals surface area (Å²) >= 11 is 0. The van der Waals surface area contributed by atoms with Crippen LogP contribution >= 0.6 is 0 Å². The van der Waals surface area contributed by atoms with Crippen LogP contribution in [-0.4, -0.2) is 12.1 Å². The van der Waals surface area contributed by atoms with E-state index >= 15 is 0 Å². The average Bonchev–Trinajstić information content (AvgIpc) is 2.54. The predicted molar refractivity (Wildman–Crippen MR) is 82.3 cm³/mol. The van der Waals surface area contributed by atoms with Gasteiger partial charge in [0.1, 0.15) is 6.10 Å². The Hall–Kier alpha value is -1.30. The number of nitriles is 1. The van der Waals surface area contributed by atoms with Crippen molar-refractivity contribution in [1.82, 2.24) is 0 Å². The van der Waals surface area contributed by atoms with Gasteiger partial charge in [0.15, 0.2) is 0 Å². The van der Waals surface area contributed by atoms with E-state index in [0.717, 1.165) is 44.4 Å². The molecule has 21 heavy (non-hydrogen) atoms. The highest BCUT2D eigenvalue weighted by Gasteiger charge is 2.29. The first-order valence-corrected chi connectivity index (χ1v) is 8.49. The van der Waals surface area contributed by atoms with Crippen LogP contribution in [-0.2, 0) is 9.53 Å². The highest BCUT2D eigenvalue weighted by Crippen LogP contribution is 2.33. The summed E-state index contributed by atoms with van der Waals surface area (Å²) in [6.45, 7) is 2.24. The number of rotatable bonds is 4. The summed E-state index contributed by atoms with van der Waals surface area (Å²) in [4.78, 5) is 12.2. The topological polar surface area (TPSA) is 50.1 Å². The Kier molecular flexibility index (Phi) is 6.29. The monoisotopic (exact) mass is 289 g/mol. The third kappa shape index (κ3) is 4.88. The van der Waals surface area contributed by atoms with Crippen molar-refractivity contribution in [2.45, 2.75) is 70.8 Å². The van der Waals surface area contributed by atoms with Crippen molar-refractivity contribution in [1.29, 1.82) is 5.26 Å². The lowest BCUT2D eigenvalue weighted by Crippen LogP contribution is -2.29. The fraction of sp³-hybridized carbons (Fsp3) is 0.778. The molecule has 0 aromatic carbocycles. The minimum Gasteiger partial charge on any atom is -0.462 e. The van der Waals surface area contributed by atoms with Crippen LogP contribution < -0.4 is 0 Å². The molecule has 0 radical (unpaired) electrons. The molecular weight excluding hydrogens is 262 g/mol. The zero-order valence-corrected chi connectivity index (χ0v) is 13.1. The normalized spacial score (nSPS) is 33.5. The molecule has 0 spiro atoms. The van der Waals surface area contributed by atoms with Crippen LogP contribution in [0.5, 0.6) is 0 Å². The smallest absolute Gasteiger partial charge is 0.309 e. The van der Waals surface area contributed by atoms with E-state index in [1.54, 1.807) is 6.08 Å². The minimum atomic E-state index is 0.0422. The van der Waals surface area contributed by atoms with Crippen LogP contribution in [0.1, 0.15) is 64.7 Å². The number of carbonyl (C=O) groups excluding carboxylic acids is 1. The zero-order chi connectivity index (χ0) is 15.1. The summed E-state index contributed by atoms with van der Waals surface area (Å²) in [6.07, 6.45) is 13.2. The number of hydrogen-bond donors (Lipinski definition) is 0. The molecule has 0 bridgehead atoms. The van der Waals surface area contributed by atoms with Gasteiger partial charge >= 0.3 is 5.97 Å². The van der Waals surface area contributed by atoms with Crippen LogP contribution in [0, 0.1) is 29.1 Å². The Morgan fingerprint density at radius 1 is 1.14 bits per heavy atom. The van der Waals surface area contributed by atoms with E-state index < -0.39 is 0 Å². The van der Waals surface area contributed by atoms with Gasteiger partial charge in [-0.15, -0.1) is 0 Å². The molecule has 2 aliphatic carbocycles. The molecule has 0 unspecified atom stereocenters. The number of hydrogen-bond acceptors (Lipinski definition) is 3. The standard InChI is InChI=1S/C18H27NO2/c1-2-14-5-9-16(10-6-14)18(20)21-17-11-7-15(8-12-17)4-3-13-19/h3-4,14-17H,2,5-12H2,1H3. The van der Waals surface area contributed by atoms with E-state index in [9.17, 15) is 4.79 Å². The largest absolute Gasteiger partial charge is 0.462 e. The van der Waals surface area contributed by atoms with E-state index in [4.69, 9.17) is 10.00 Å². The van der Waals surface area contributed by atoms with Crippen molar-refractivity contribution in [2.75, 3.05) is 0 Å². The van der Waals surface area contributed by atoms with E-state index in [2.05, 4.69) is 6.92 Å². The van der Waals surface area contributed by atoms with E-state index in [1.165, 1.54) is 19.3 Å². The third-order valence-corrected chi connectivity index (χ3v) is 5.20. The Morgan fingerprint density at radius 3 is 2.38 bits per heavy atom. The zero-order valence-electron chi connectivity index (χ0n) is 13.1. The molecule has 116 valence electrons. The average molecular weight is 289 g/mol. The number of carbonyl (C=O) groups is 1. The van der Waals surface area contributed by atoms with Crippen LogP contribution in [0.3, 0.4) is 0 Å². The maximum absolute atomic E-state index is 12.2. The summed E-state index contributed by atoms with van der Waals surface area (Å²) in [6, 6.07) is 2.04. The molecule has 0 aliphatic heterocycles. The van der Waals surface area contributed by atoms with Gasteiger partial charge in [0.05, 0.1) is 12.0 Å². The highest BCUT2D eigenvalue weighted by molar-refractivity contribution is 5.72. The van der Waals surface area contributed by atoms with Gasteiger partial charge in [-0.2, -0.15) is 5.26 Å². The maximum atomic E-state index is 12.2. The molecule has 2 rings (SSSR count). The molecule has 0 amide bonds. The molecule has 0 heterocycles. The molecule has 0 N–H and O–H groups in total. The van der Waals surface area contributed by atoms with Crippen molar-refractivity contribution >= 4 is 5.97 Å². The fourth-order valence-corrected chi connectivity index (χ4v) is 3.64. The Labute approximate surface area is 128 Å². The molecule has 2 fully saturated rings. The van der Waals surface area contributed by atoms with Gasteiger partial charge in [0.2, 0.25) is 0 Å². The van der Waals surface area contributed by atoms with Gasteiger partial charge in [0, 0.05) is 6.08 Å². The predicted octanol–water partition coefficient (Wildman–Crippen LogP) is 4.38. The summed E-state index contributed by atoms with van der Waals surface area (Å²) in [5.41, 5.74) is 0.